The number of hydrogen-bond donors (Lipinski definition) is 1. The summed E-state index contributed by atoms with van der Waals surface area (Å²) in [5, 5.41) is 12.0. The van der Waals surface area contributed by atoms with Crippen molar-refractivity contribution in [1.82, 2.24) is 15.3 Å². The van der Waals surface area contributed by atoms with Gasteiger partial charge in [0.05, 0.1) is 5.51 Å². The molecule has 0 saturated heterocycles. The second kappa shape index (κ2) is 5.35. The monoisotopic (exact) mass is 230 g/mol. The molecule has 0 amide bonds. The van der Waals surface area contributed by atoms with Crippen LogP contribution in [0.2, 0.25) is 0 Å². The van der Waals surface area contributed by atoms with Gasteiger partial charge in [-0.2, -0.15) is 5.26 Å². The maximum absolute atomic E-state index is 8.70. The normalized spacial score (nSPS) is 9.94. The highest BCUT2D eigenvalue weighted by Gasteiger charge is 1.97. The lowest BCUT2D eigenvalue weighted by atomic mass is 10.2. The molecule has 5 heteroatoms. The molecule has 0 spiro atoms. The maximum Gasteiger partial charge on any atom is 0.140 e. The fraction of sp³-hybridized carbons (Fsp3) is 0.182. The van der Waals surface area contributed by atoms with Crippen molar-refractivity contribution < 1.29 is 0 Å². The number of nitrogens with one attached hydrogen (secondary N) is 1. The van der Waals surface area contributed by atoms with Gasteiger partial charge in [-0.15, -0.1) is 11.3 Å². The highest BCUT2D eigenvalue weighted by atomic mass is 32.1. The van der Waals surface area contributed by atoms with E-state index >= 15 is 0 Å². The van der Waals surface area contributed by atoms with Crippen LogP contribution in [-0.2, 0) is 13.1 Å². The van der Waals surface area contributed by atoms with E-state index in [0.717, 1.165) is 18.7 Å². The van der Waals surface area contributed by atoms with Crippen LogP contribution in [0.15, 0.2) is 30.0 Å². The zero-order valence-corrected chi connectivity index (χ0v) is 9.37. The average Bonchev–Trinajstić information content (AvgIpc) is 2.82. The first-order chi connectivity index (χ1) is 7.88. The first kappa shape index (κ1) is 10.7. The Morgan fingerprint density at radius 1 is 1.44 bits per heavy atom. The molecule has 0 fully saturated rings. The molecular formula is C11H10N4S. The maximum atomic E-state index is 8.70. The second-order valence-corrected chi connectivity index (χ2v) is 4.20. The first-order valence-corrected chi connectivity index (χ1v) is 5.69. The number of aromatic nitrogens is 2. The predicted octanol–water partition coefficient (Wildman–Crippen LogP) is 1.70. The van der Waals surface area contributed by atoms with Crippen LogP contribution in [0.3, 0.4) is 0 Å². The highest BCUT2D eigenvalue weighted by Crippen LogP contribution is 2.05. The van der Waals surface area contributed by atoms with Crippen LogP contribution >= 0.6 is 11.3 Å². The van der Waals surface area contributed by atoms with Gasteiger partial charge in [0.25, 0.3) is 0 Å². The predicted molar refractivity (Wildman–Crippen MR) is 61.6 cm³/mol. The Bertz CT molecular complexity index is 487. The van der Waals surface area contributed by atoms with Crippen LogP contribution in [0.25, 0.3) is 0 Å². The van der Waals surface area contributed by atoms with E-state index in [1.807, 2.05) is 23.8 Å². The summed E-state index contributed by atoms with van der Waals surface area (Å²) < 4.78 is 0. The molecule has 2 rings (SSSR count). The number of hydrogen-bond acceptors (Lipinski definition) is 5. The standard InChI is InChI=1S/C11H10N4S/c12-4-10-3-9(1-2-15-10)5-13-6-11-7-14-8-16-11/h1-3,7-8,13H,5-6H2. The van der Waals surface area contributed by atoms with Crippen molar-refractivity contribution in [1.29, 1.82) is 5.26 Å². The summed E-state index contributed by atoms with van der Waals surface area (Å²) in [5.41, 5.74) is 3.34. The lowest BCUT2D eigenvalue weighted by molar-refractivity contribution is 0.699. The average molecular weight is 230 g/mol. The summed E-state index contributed by atoms with van der Waals surface area (Å²) >= 11 is 1.63. The third-order valence-corrected chi connectivity index (χ3v) is 2.83. The van der Waals surface area contributed by atoms with Gasteiger partial charge in [-0.05, 0) is 17.7 Å². The van der Waals surface area contributed by atoms with Crippen molar-refractivity contribution in [2.45, 2.75) is 13.1 Å². The van der Waals surface area contributed by atoms with E-state index in [-0.39, 0.29) is 0 Å². The van der Waals surface area contributed by atoms with Crippen LogP contribution in [0.4, 0.5) is 0 Å². The molecule has 0 saturated carbocycles. The zero-order valence-electron chi connectivity index (χ0n) is 8.55. The Balaban J connectivity index is 1.88. The Morgan fingerprint density at radius 3 is 3.12 bits per heavy atom. The molecule has 0 aliphatic heterocycles. The fourth-order valence-electron chi connectivity index (χ4n) is 1.30. The molecule has 80 valence electrons. The molecule has 2 aromatic rings. The summed E-state index contributed by atoms with van der Waals surface area (Å²) in [6, 6.07) is 5.72. The van der Waals surface area contributed by atoms with Gasteiger partial charge in [0.2, 0.25) is 0 Å². The molecule has 4 nitrogen and oxygen atoms in total. The van der Waals surface area contributed by atoms with Crippen LogP contribution in [0.1, 0.15) is 16.1 Å². The first-order valence-electron chi connectivity index (χ1n) is 4.81. The Labute approximate surface area is 97.6 Å². The van der Waals surface area contributed by atoms with Crippen molar-refractivity contribution in [2.75, 3.05) is 0 Å². The lowest BCUT2D eigenvalue weighted by Gasteiger charge is -2.02. The molecule has 2 aromatic heterocycles. The van der Waals surface area contributed by atoms with Crippen LogP contribution in [-0.4, -0.2) is 9.97 Å². The smallest absolute Gasteiger partial charge is 0.140 e. The third-order valence-electron chi connectivity index (χ3n) is 2.05. The number of nitriles is 1. The van der Waals surface area contributed by atoms with Crippen molar-refractivity contribution in [3.8, 4) is 6.07 Å². The van der Waals surface area contributed by atoms with Crippen LogP contribution in [0, 0.1) is 11.3 Å². The quantitative estimate of drug-likeness (QED) is 0.868. The van der Waals surface area contributed by atoms with E-state index in [0.29, 0.717) is 5.69 Å². The topological polar surface area (TPSA) is 61.6 Å². The Hall–Kier alpha value is -1.77. The van der Waals surface area contributed by atoms with Crippen molar-refractivity contribution in [3.63, 3.8) is 0 Å². The minimum Gasteiger partial charge on any atom is -0.308 e. The number of nitrogens with zero attached hydrogens (tertiary/aromatic N) is 3. The number of thiazole rings is 1. The van der Waals surface area contributed by atoms with E-state index in [4.69, 9.17) is 5.26 Å². The third kappa shape index (κ3) is 2.86. The second-order valence-electron chi connectivity index (χ2n) is 3.23. The van der Waals surface area contributed by atoms with Gasteiger partial charge in [0.15, 0.2) is 0 Å². The molecular weight excluding hydrogens is 220 g/mol. The van der Waals surface area contributed by atoms with Gasteiger partial charge in [0.1, 0.15) is 11.8 Å². The molecule has 0 atom stereocenters. The Morgan fingerprint density at radius 2 is 2.38 bits per heavy atom. The highest BCUT2D eigenvalue weighted by molar-refractivity contribution is 7.09. The largest absolute Gasteiger partial charge is 0.308 e. The number of pyridine rings is 1. The minimum atomic E-state index is 0.456. The summed E-state index contributed by atoms with van der Waals surface area (Å²) in [6.45, 7) is 1.53. The van der Waals surface area contributed by atoms with Crippen LogP contribution in [0.5, 0.6) is 0 Å². The van der Waals surface area contributed by atoms with E-state index in [1.165, 1.54) is 4.88 Å². The lowest BCUT2D eigenvalue weighted by Crippen LogP contribution is -2.11. The van der Waals surface area contributed by atoms with Gasteiger partial charge in [0, 0.05) is 30.4 Å². The van der Waals surface area contributed by atoms with Crippen molar-refractivity contribution in [3.05, 3.63) is 46.2 Å². The zero-order chi connectivity index (χ0) is 11.2. The van der Waals surface area contributed by atoms with Crippen LogP contribution < -0.4 is 5.32 Å². The van der Waals surface area contributed by atoms with E-state index in [9.17, 15) is 0 Å². The fourth-order valence-corrected chi connectivity index (χ4v) is 1.87. The van der Waals surface area contributed by atoms with Gasteiger partial charge >= 0.3 is 0 Å². The molecule has 1 N–H and O–H groups in total. The van der Waals surface area contributed by atoms with Crippen molar-refractivity contribution in [2.24, 2.45) is 0 Å². The molecule has 0 radical (unpaired) electrons. The molecule has 0 aliphatic rings. The summed E-state index contributed by atoms with van der Waals surface area (Å²) in [5.74, 6) is 0. The molecule has 0 aromatic carbocycles. The molecule has 2 heterocycles. The summed E-state index contributed by atoms with van der Waals surface area (Å²) in [7, 11) is 0. The van der Waals surface area contributed by atoms with Crippen molar-refractivity contribution >= 4 is 11.3 Å². The van der Waals surface area contributed by atoms with E-state index in [2.05, 4.69) is 15.3 Å². The molecule has 0 unspecified atom stereocenters. The summed E-state index contributed by atoms with van der Waals surface area (Å²) in [6.07, 6.45) is 3.51. The van der Waals surface area contributed by atoms with E-state index in [1.54, 1.807) is 23.6 Å². The Kier molecular flexibility index (Phi) is 3.59. The van der Waals surface area contributed by atoms with Gasteiger partial charge in [-0.3, -0.25) is 4.98 Å². The van der Waals surface area contributed by atoms with Gasteiger partial charge < -0.3 is 5.32 Å². The minimum absolute atomic E-state index is 0.456. The number of rotatable bonds is 4. The van der Waals surface area contributed by atoms with E-state index < -0.39 is 0 Å². The molecule has 16 heavy (non-hydrogen) atoms. The van der Waals surface area contributed by atoms with Gasteiger partial charge in [-0.1, -0.05) is 0 Å². The van der Waals surface area contributed by atoms with Gasteiger partial charge in [-0.25, -0.2) is 4.98 Å². The summed E-state index contributed by atoms with van der Waals surface area (Å²) in [4.78, 5) is 9.12. The molecule has 0 bridgehead atoms. The SMILES string of the molecule is N#Cc1cc(CNCc2cncs2)ccn1. The molecule has 0 aliphatic carbocycles.